The molecule has 8 heteroatoms. The molecule has 7 N–H and O–H groups in total. The second-order valence-electron chi connectivity index (χ2n) is 4.46. The first-order valence-corrected chi connectivity index (χ1v) is 6.03. The number of aromatic nitrogens is 2. The van der Waals surface area contributed by atoms with E-state index in [1.165, 1.54) is 0 Å². The molecule has 18 heavy (non-hydrogen) atoms. The van der Waals surface area contributed by atoms with Crippen LogP contribution < -0.4 is 16.8 Å². The van der Waals surface area contributed by atoms with E-state index in [-0.39, 0.29) is 35.4 Å². The Kier molecular flexibility index (Phi) is 3.74. The molecule has 1 aliphatic rings. The number of nitrogens with zero attached hydrogens (tertiary/aromatic N) is 2. The Morgan fingerprint density at radius 3 is 2.67 bits per heavy atom. The van der Waals surface area contributed by atoms with Crippen LogP contribution in [0.15, 0.2) is 0 Å². The van der Waals surface area contributed by atoms with Gasteiger partial charge >= 0.3 is 0 Å². The molecule has 0 aromatic carbocycles. The van der Waals surface area contributed by atoms with E-state index in [0.717, 1.165) is 0 Å². The van der Waals surface area contributed by atoms with Crippen LogP contribution in [0, 0.1) is 5.92 Å². The molecule has 100 valence electrons. The van der Waals surface area contributed by atoms with Crippen molar-refractivity contribution in [1.82, 2.24) is 9.97 Å². The van der Waals surface area contributed by atoms with Gasteiger partial charge in [0.25, 0.3) is 0 Å². The minimum atomic E-state index is -0.525. The Labute approximate surface area is 109 Å². The number of nitrogens with one attached hydrogen (secondary N) is 1. The number of rotatable bonds is 3. The second-order valence-corrected chi connectivity index (χ2v) is 4.82. The highest BCUT2D eigenvalue weighted by Gasteiger charge is 2.33. The molecule has 0 amide bonds. The number of nitrogens with two attached hydrogens (primary N) is 2. The molecule has 0 saturated heterocycles. The number of anilines is 3. The fraction of sp³-hybridized carbons (Fsp3) is 0.600. The van der Waals surface area contributed by atoms with E-state index >= 15 is 0 Å². The SMILES string of the molecule is Nc1nc(Cl)c(N)c(NC2CC(O)C(CO)C2)n1. The van der Waals surface area contributed by atoms with Crippen molar-refractivity contribution >= 4 is 29.1 Å². The highest BCUT2D eigenvalue weighted by Crippen LogP contribution is 2.31. The smallest absolute Gasteiger partial charge is 0.223 e. The number of halogens is 1. The molecule has 1 aliphatic carbocycles. The number of hydrogen-bond acceptors (Lipinski definition) is 7. The number of nitrogen functional groups attached to an aromatic ring is 2. The minimum absolute atomic E-state index is 0.0233. The van der Waals surface area contributed by atoms with E-state index < -0.39 is 6.10 Å². The zero-order chi connectivity index (χ0) is 13.3. The number of aliphatic hydroxyl groups is 2. The predicted octanol–water partition coefficient (Wildman–Crippen LogP) is -0.162. The summed E-state index contributed by atoms with van der Waals surface area (Å²) >= 11 is 5.80. The van der Waals surface area contributed by atoms with Crippen molar-refractivity contribution in [3.8, 4) is 0 Å². The maximum Gasteiger partial charge on any atom is 0.223 e. The minimum Gasteiger partial charge on any atom is -0.396 e. The van der Waals surface area contributed by atoms with Gasteiger partial charge in [-0.2, -0.15) is 9.97 Å². The van der Waals surface area contributed by atoms with Crippen molar-refractivity contribution in [1.29, 1.82) is 0 Å². The third kappa shape index (κ3) is 2.58. The summed E-state index contributed by atoms with van der Waals surface area (Å²) in [6, 6.07) is -0.0233. The zero-order valence-electron chi connectivity index (χ0n) is 9.67. The van der Waals surface area contributed by atoms with Crippen LogP contribution in [0.25, 0.3) is 0 Å². The summed E-state index contributed by atoms with van der Waals surface area (Å²) in [6.07, 6.45) is 0.633. The van der Waals surface area contributed by atoms with Crippen LogP contribution in [0.5, 0.6) is 0 Å². The fourth-order valence-corrected chi connectivity index (χ4v) is 2.35. The summed E-state index contributed by atoms with van der Waals surface area (Å²) in [5, 5.41) is 22.0. The van der Waals surface area contributed by atoms with E-state index in [9.17, 15) is 5.11 Å². The summed E-state index contributed by atoms with van der Waals surface area (Å²) in [5.41, 5.74) is 11.5. The number of aliphatic hydroxyl groups excluding tert-OH is 2. The summed E-state index contributed by atoms with van der Waals surface area (Å²) in [4.78, 5) is 7.71. The van der Waals surface area contributed by atoms with Crippen molar-refractivity contribution in [2.24, 2.45) is 5.92 Å². The summed E-state index contributed by atoms with van der Waals surface area (Å²) < 4.78 is 0. The van der Waals surface area contributed by atoms with Gasteiger partial charge in [0.05, 0.1) is 6.10 Å². The standard InChI is InChI=1S/C10H16ClN5O2/c11-8-7(12)9(16-10(13)15-8)14-5-1-4(3-17)6(18)2-5/h4-6,17-18H,1-3,12H2,(H3,13,14,15,16). The topological polar surface area (TPSA) is 130 Å². The first kappa shape index (κ1) is 13.1. The van der Waals surface area contributed by atoms with Crippen LogP contribution in [0.1, 0.15) is 12.8 Å². The second kappa shape index (κ2) is 5.13. The first-order chi connectivity index (χ1) is 8.51. The van der Waals surface area contributed by atoms with Crippen molar-refractivity contribution in [2.45, 2.75) is 25.0 Å². The predicted molar refractivity (Wildman–Crippen MR) is 69.1 cm³/mol. The average molecular weight is 274 g/mol. The van der Waals surface area contributed by atoms with Gasteiger partial charge < -0.3 is 27.0 Å². The van der Waals surface area contributed by atoms with E-state index in [2.05, 4.69) is 15.3 Å². The summed E-state index contributed by atoms with van der Waals surface area (Å²) in [5.74, 6) is 0.274. The molecule has 0 radical (unpaired) electrons. The van der Waals surface area contributed by atoms with Crippen molar-refractivity contribution in [2.75, 3.05) is 23.4 Å². The molecule has 0 spiro atoms. The van der Waals surface area contributed by atoms with Gasteiger partial charge in [-0.1, -0.05) is 11.6 Å². The van der Waals surface area contributed by atoms with Crippen LogP contribution >= 0.6 is 11.6 Å². The van der Waals surface area contributed by atoms with Crippen LogP contribution in [-0.4, -0.2) is 38.9 Å². The zero-order valence-corrected chi connectivity index (χ0v) is 10.4. The van der Waals surface area contributed by atoms with Crippen LogP contribution in [0.2, 0.25) is 5.15 Å². The molecule has 1 aromatic rings. The molecule has 2 rings (SSSR count). The summed E-state index contributed by atoms with van der Waals surface area (Å²) in [6.45, 7) is -0.0402. The largest absolute Gasteiger partial charge is 0.396 e. The molecule has 1 fully saturated rings. The van der Waals surface area contributed by atoms with E-state index in [4.69, 9.17) is 28.2 Å². The Morgan fingerprint density at radius 2 is 2.06 bits per heavy atom. The van der Waals surface area contributed by atoms with Crippen LogP contribution in [-0.2, 0) is 0 Å². The lowest BCUT2D eigenvalue weighted by molar-refractivity contribution is 0.0908. The van der Waals surface area contributed by atoms with Gasteiger partial charge in [0.1, 0.15) is 5.69 Å². The summed E-state index contributed by atoms with van der Waals surface area (Å²) in [7, 11) is 0. The quantitative estimate of drug-likeness (QED) is 0.484. The van der Waals surface area contributed by atoms with E-state index in [0.29, 0.717) is 18.7 Å². The fourth-order valence-electron chi connectivity index (χ4n) is 2.18. The lowest BCUT2D eigenvalue weighted by Crippen LogP contribution is -2.19. The molecular weight excluding hydrogens is 258 g/mol. The molecule has 3 atom stereocenters. The highest BCUT2D eigenvalue weighted by atomic mass is 35.5. The first-order valence-electron chi connectivity index (χ1n) is 5.65. The van der Waals surface area contributed by atoms with E-state index in [1.54, 1.807) is 0 Å². The Bertz CT molecular complexity index is 445. The van der Waals surface area contributed by atoms with Crippen molar-refractivity contribution in [3.05, 3.63) is 5.15 Å². The molecule has 0 aliphatic heterocycles. The van der Waals surface area contributed by atoms with Gasteiger partial charge in [0.2, 0.25) is 5.95 Å². The molecule has 1 saturated carbocycles. The highest BCUT2D eigenvalue weighted by molar-refractivity contribution is 6.32. The third-order valence-corrected chi connectivity index (χ3v) is 3.44. The molecule has 1 aromatic heterocycles. The normalized spacial score (nSPS) is 27.4. The maximum absolute atomic E-state index is 9.70. The van der Waals surface area contributed by atoms with Crippen molar-refractivity contribution < 1.29 is 10.2 Å². The monoisotopic (exact) mass is 273 g/mol. The average Bonchev–Trinajstić information content (AvgIpc) is 2.65. The Morgan fingerprint density at radius 1 is 1.33 bits per heavy atom. The molecule has 7 nitrogen and oxygen atoms in total. The van der Waals surface area contributed by atoms with Gasteiger partial charge in [-0.25, -0.2) is 0 Å². The number of hydrogen-bond donors (Lipinski definition) is 5. The van der Waals surface area contributed by atoms with Gasteiger partial charge in [0.15, 0.2) is 11.0 Å². The maximum atomic E-state index is 9.70. The van der Waals surface area contributed by atoms with Crippen molar-refractivity contribution in [3.63, 3.8) is 0 Å². The lowest BCUT2D eigenvalue weighted by Gasteiger charge is -2.15. The molecule has 1 heterocycles. The molecule has 3 unspecified atom stereocenters. The lowest BCUT2D eigenvalue weighted by atomic mass is 10.1. The van der Waals surface area contributed by atoms with Gasteiger partial charge in [0, 0.05) is 18.6 Å². The molecular formula is C10H16ClN5O2. The Hall–Kier alpha value is -1.31. The van der Waals surface area contributed by atoms with Crippen LogP contribution in [0.4, 0.5) is 17.5 Å². The van der Waals surface area contributed by atoms with Crippen LogP contribution in [0.3, 0.4) is 0 Å². The third-order valence-electron chi connectivity index (χ3n) is 3.15. The van der Waals surface area contributed by atoms with Gasteiger partial charge in [-0.05, 0) is 12.8 Å². The Balaban J connectivity index is 2.11. The van der Waals surface area contributed by atoms with Gasteiger partial charge in [-0.15, -0.1) is 0 Å². The molecule has 0 bridgehead atoms. The van der Waals surface area contributed by atoms with E-state index in [1.807, 2.05) is 0 Å². The van der Waals surface area contributed by atoms with Gasteiger partial charge in [-0.3, -0.25) is 0 Å².